The Bertz CT molecular complexity index is 498. The first kappa shape index (κ1) is 9.64. The van der Waals surface area contributed by atoms with Crippen molar-refractivity contribution in [2.75, 3.05) is 0 Å². The van der Waals surface area contributed by atoms with Gasteiger partial charge in [-0.05, 0) is 12.1 Å². The molecule has 0 saturated carbocycles. The largest absolute Gasteiger partial charge is 0.348 e. The second-order valence-corrected chi connectivity index (χ2v) is 3.59. The van der Waals surface area contributed by atoms with Crippen molar-refractivity contribution in [1.29, 1.82) is 0 Å². The number of aromatic nitrogens is 4. The number of hydrogen-bond donors (Lipinski definition) is 1. The lowest BCUT2D eigenvalue weighted by Gasteiger charge is -1.98. The van der Waals surface area contributed by atoms with Crippen molar-refractivity contribution in [3.63, 3.8) is 0 Å². The summed E-state index contributed by atoms with van der Waals surface area (Å²) < 4.78 is 1.34. The predicted octanol–water partition coefficient (Wildman–Crippen LogP) is 1.08. The summed E-state index contributed by atoms with van der Waals surface area (Å²) in [7, 11) is 0. The third-order valence-corrected chi connectivity index (χ3v) is 2.09. The molecule has 15 heavy (non-hydrogen) atoms. The van der Waals surface area contributed by atoms with Gasteiger partial charge in [0.2, 0.25) is 0 Å². The zero-order valence-corrected chi connectivity index (χ0v) is 8.64. The fourth-order valence-corrected chi connectivity index (χ4v) is 1.26. The summed E-state index contributed by atoms with van der Waals surface area (Å²) in [4.78, 5) is 18.2. The average Bonchev–Trinajstić information content (AvgIpc) is 2.62. The molecule has 0 bridgehead atoms. The molecule has 1 N–H and O–H groups in total. The van der Waals surface area contributed by atoms with E-state index in [-0.39, 0.29) is 11.6 Å². The Morgan fingerprint density at radius 1 is 1.33 bits per heavy atom. The van der Waals surface area contributed by atoms with Crippen LogP contribution >= 0.6 is 0 Å². The molecule has 2 aromatic heterocycles. The lowest BCUT2D eigenvalue weighted by atomic mass is 10.2. The summed E-state index contributed by atoms with van der Waals surface area (Å²) in [6, 6.07) is 3.48. The highest BCUT2D eigenvalue weighted by molar-refractivity contribution is 5.26. The minimum Gasteiger partial charge on any atom is -0.292 e. The summed E-state index contributed by atoms with van der Waals surface area (Å²) >= 11 is 0. The van der Waals surface area contributed by atoms with Crippen LogP contribution in [-0.2, 0) is 0 Å². The molecule has 0 unspecified atom stereocenters. The van der Waals surface area contributed by atoms with Gasteiger partial charge in [0.15, 0.2) is 0 Å². The number of rotatable bonds is 2. The van der Waals surface area contributed by atoms with E-state index in [0.717, 1.165) is 5.69 Å². The lowest BCUT2D eigenvalue weighted by molar-refractivity contribution is 0.751. The Balaban J connectivity index is 2.50. The van der Waals surface area contributed by atoms with Crippen LogP contribution < -0.4 is 5.69 Å². The number of nitrogens with one attached hydrogen (secondary N) is 1. The molecule has 0 spiro atoms. The Morgan fingerprint density at radius 3 is 2.53 bits per heavy atom. The van der Waals surface area contributed by atoms with Crippen LogP contribution in [0, 0.1) is 0 Å². The number of nitrogens with zero attached hydrogens (tertiary/aromatic N) is 3. The van der Waals surface area contributed by atoms with Crippen LogP contribution in [0.3, 0.4) is 0 Å². The van der Waals surface area contributed by atoms with E-state index in [1.165, 1.54) is 4.68 Å². The predicted molar refractivity (Wildman–Crippen MR) is 56.1 cm³/mol. The molecule has 0 amide bonds. The second-order valence-electron chi connectivity index (χ2n) is 3.59. The SMILES string of the molecule is CC(C)c1nn(-c2ccncc2)c(=O)[nH]1. The molecular formula is C10H12N4O. The van der Waals surface area contributed by atoms with E-state index in [4.69, 9.17) is 0 Å². The van der Waals surface area contributed by atoms with E-state index < -0.39 is 0 Å². The molecule has 0 aromatic carbocycles. The highest BCUT2D eigenvalue weighted by atomic mass is 16.1. The Hall–Kier alpha value is -1.91. The Morgan fingerprint density at radius 2 is 2.00 bits per heavy atom. The topological polar surface area (TPSA) is 63.6 Å². The second kappa shape index (κ2) is 3.68. The molecule has 0 aliphatic rings. The third kappa shape index (κ3) is 1.81. The third-order valence-electron chi connectivity index (χ3n) is 2.09. The first-order valence-corrected chi connectivity index (χ1v) is 4.78. The van der Waals surface area contributed by atoms with Crippen molar-refractivity contribution in [3.05, 3.63) is 40.8 Å². The molecule has 0 fully saturated rings. The monoisotopic (exact) mass is 204 g/mol. The summed E-state index contributed by atoms with van der Waals surface area (Å²) in [6.07, 6.45) is 3.26. The van der Waals surface area contributed by atoms with Crippen molar-refractivity contribution in [1.82, 2.24) is 19.7 Å². The van der Waals surface area contributed by atoms with Gasteiger partial charge in [0, 0.05) is 18.3 Å². The van der Waals surface area contributed by atoms with Gasteiger partial charge in [-0.1, -0.05) is 13.8 Å². The van der Waals surface area contributed by atoms with Gasteiger partial charge in [-0.2, -0.15) is 4.68 Å². The summed E-state index contributed by atoms with van der Waals surface area (Å²) in [6.45, 7) is 3.96. The zero-order valence-electron chi connectivity index (χ0n) is 8.64. The minimum absolute atomic E-state index is 0.209. The van der Waals surface area contributed by atoms with Gasteiger partial charge in [-0.25, -0.2) is 4.79 Å². The van der Waals surface area contributed by atoms with E-state index in [9.17, 15) is 4.79 Å². The molecule has 0 atom stereocenters. The molecule has 78 valence electrons. The first-order valence-electron chi connectivity index (χ1n) is 4.78. The number of H-pyrrole nitrogens is 1. The molecule has 5 heteroatoms. The molecule has 0 aliphatic carbocycles. The van der Waals surface area contributed by atoms with Crippen molar-refractivity contribution in [2.45, 2.75) is 19.8 Å². The Labute approximate surface area is 86.8 Å². The van der Waals surface area contributed by atoms with Crippen LogP contribution in [0.5, 0.6) is 0 Å². The maximum absolute atomic E-state index is 11.6. The number of pyridine rings is 1. The number of aromatic amines is 1. The maximum atomic E-state index is 11.6. The van der Waals surface area contributed by atoms with Crippen molar-refractivity contribution < 1.29 is 0 Å². The van der Waals surface area contributed by atoms with Gasteiger partial charge in [0.25, 0.3) is 0 Å². The van der Waals surface area contributed by atoms with Crippen LogP contribution in [0.25, 0.3) is 5.69 Å². The van der Waals surface area contributed by atoms with E-state index in [1.54, 1.807) is 24.5 Å². The van der Waals surface area contributed by atoms with Gasteiger partial charge in [-0.3, -0.25) is 9.97 Å². The quantitative estimate of drug-likeness (QED) is 0.796. The maximum Gasteiger partial charge on any atom is 0.348 e. The normalized spacial score (nSPS) is 10.9. The minimum atomic E-state index is -0.218. The van der Waals surface area contributed by atoms with Gasteiger partial charge < -0.3 is 0 Å². The highest BCUT2D eigenvalue weighted by Gasteiger charge is 2.08. The van der Waals surface area contributed by atoms with E-state index in [2.05, 4.69) is 15.1 Å². The smallest absolute Gasteiger partial charge is 0.292 e. The molecular weight excluding hydrogens is 192 g/mol. The zero-order chi connectivity index (χ0) is 10.8. The summed E-state index contributed by atoms with van der Waals surface area (Å²) in [5.74, 6) is 0.901. The molecule has 2 aromatic rings. The van der Waals surface area contributed by atoms with Crippen molar-refractivity contribution in [3.8, 4) is 5.69 Å². The standard InChI is InChI=1S/C10H12N4O/c1-7(2)9-12-10(15)14(13-9)8-3-5-11-6-4-8/h3-7H,1-2H3,(H,12,13,15). The van der Waals surface area contributed by atoms with Crippen LogP contribution in [0.4, 0.5) is 0 Å². The molecule has 5 nitrogen and oxygen atoms in total. The number of hydrogen-bond acceptors (Lipinski definition) is 3. The van der Waals surface area contributed by atoms with E-state index >= 15 is 0 Å². The van der Waals surface area contributed by atoms with E-state index in [0.29, 0.717) is 5.82 Å². The van der Waals surface area contributed by atoms with Gasteiger partial charge in [0.1, 0.15) is 5.82 Å². The average molecular weight is 204 g/mol. The van der Waals surface area contributed by atoms with Crippen LogP contribution in [-0.4, -0.2) is 19.7 Å². The van der Waals surface area contributed by atoms with E-state index in [1.807, 2.05) is 13.8 Å². The van der Waals surface area contributed by atoms with Gasteiger partial charge >= 0.3 is 5.69 Å². The Kier molecular flexibility index (Phi) is 2.37. The molecule has 0 aliphatic heterocycles. The molecule has 0 radical (unpaired) electrons. The van der Waals surface area contributed by atoms with Crippen LogP contribution in [0.15, 0.2) is 29.3 Å². The fourth-order valence-electron chi connectivity index (χ4n) is 1.26. The van der Waals surface area contributed by atoms with Crippen LogP contribution in [0.1, 0.15) is 25.6 Å². The van der Waals surface area contributed by atoms with Crippen molar-refractivity contribution >= 4 is 0 Å². The highest BCUT2D eigenvalue weighted by Crippen LogP contribution is 2.07. The molecule has 2 heterocycles. The van der Waals surface area contributed by atoms with Crippen LogP contribution in [0.2, 0.25) is 0 Å². The first-order chi connectivity index (χ1) is 7.18. The molecule has 2 rings (SSSR count). The van der Waals surface area contributed by atoms with Crippen molar-refractivity contribution in [2.24, 2.45) is 0 Å². The lowest BCUT2D eigenvalue weighted by Crippen LogP contribution is -2.15. The van der Waals surface area contributed by atoms with Gasteiger partial charge in [-0.15, -0.1) is 5.10 Å². The molecule has 0 saturated heterocycles. The van der Waals surface area contributed by atoms with Gasteiger partial charge in [0.05, 0.1) is 5.69 Å². The fraction of sp³-hybridized carbons (Fsp3) is 0.300. The summed E-state index contributed by atoms with van der Waals surface area (Å²) in [5.41, 5.74) is 0.503. The summed E-state index contributed by atoms with van der Waals surface area (Å²) in [5, 5.41) is 4.20.